The molecule has 0 aromatic rings. The van der Waals surface area contributed by atoms with Gasteiger partial charge in [0.05, 0.1) is 21.1 Å². The largest absolute Gasteiger partial charge is 0.477 e. The van der Waals surface area contributed by atoms with Gasteiger partial charge in [-0.25, -0.2) is 9.59 Å². The summed E-state index contributed by atoms with van der Waals surface area (Å²) in [5.74, 6) is -1.96. The van der Waals surface area contributed by atoms with Gasteiger partial charge in [0.25, 0.3) is 0 Å². The fourth-order valence-electron chi connectivity index (χ4n) is 3.04. The summed E-state index contributed by atoms with van der Waals surface area (Å²) in [4.78, 5) is 28.1. The standard InChI is InChI=1S/C15H24N2O4S2/c1-5-7-15-14(16(3)8-9-17(15)4)22-13(23-15)10(11(18)19)12(20)21-6-2/h14H,5-9H2,1-4H3,(H,18,19). The molecular formula is C15H24N2O4S2. The lowest BCUT2D eigenvalue weighted by Gasteiger charge is -2.49. The highest BCUT2D eigenvalue weighted by Gasteiger charge is 2.54. The minimum atomic E-state index is -1.21. The van der Waals surface area contributed by atoms with E-state index in [1.807, 2.05) is 0 Å². The summed E-state index contributed by atoms with van der Waals surface area (Å²) in [7, 11) is 4.14. The number of aliphatic carboxylic acids is 1. The van der Waals surface area contributed by atoms with Crippen LogP contribution in [0.2, 0.25) is 0 Å². The number of rotatable bonds is 5. The van der Waals surface area contributed by atoms with E-state index in [2.05, 4.69) is 30.8 Å². The highest BCUT2D eigenvalue weighted by atomic mass is 32.2. The Balaban J connectivity index is 2.45. The maximum atomic E-state index is 12.1. The number of nitrogens with zero attached hydrogens (tertiary/aromatic N) is 2. The normalized spacial score (nSPS) is 30.9. The van der Waals surface area contributed by atoms with Gasteiger partial charge in [0, 0.05) is 13.1 Å². The Morgan fingerprint density at radius 1 is 1.35 bits per heavy atom. The smallest absolute Gasteiger partial charge is 0.347 e. The van der Waals surface area contributed by atoms with E-state index >= 15 is 0 Å². The van der Waals surface area contributed by atoms with Crippen molar-refractivity contribution in [3.63, 3.8) is 0 Å². The van der Waals surface area contributed by atoms with Crippen LogP contribution in [0.25, 0.3) is 0 Å². The first-order chi connectivity index (χ1) is 10.9. The van der Waals surface area contributed by atoms with Gasteiger partial charge in [0.2, 0.25) is 0 Å². The fraction of sp³-hybridized carbons (Fsp3) is 0.733. The molecule has 2 aliphatic heterocycles. The van der Waals surface area contributed by atoms with Crippen LogP contribution in [-0.2, 0) is 14.3 Å². The molecule has 2 saturated heterocycles. The van der Waals surface area contributed by atoms with E-state index in [4.69, 9.17) is 4.74 Å². The second-order valence-electron chi connectivity index (χ2n) is 5.76. The molecule has 2 unspecified atom stereocenters. The molecule has 2 rings (SSSR count). The number of hydrogen-bond acceptors (Lipinski definition) is 7. The van der Waals surface area contributed by atoms with Crippen molar-refractivity contribution in [3.05, 3.63) is 9.81 Å². The van der Waals surface area contributed by atoms with Gasteiger partial charge in [0.1, 0.15) is 0 Å². The van der Waals surface area contributed by atoms with Gasteiger partial charge in [-0.3, -0.25) is 9.80 Å². The second-order valence-corrected chi connectivity index (χ2v) is 8.43. The van der Waals surface area contributed by atoms with Crippen molar-refractivity contribution in [1.29, 1.82) is 0 Å². The molecule has 8 heteroatoms. The lowest BCUT2D eigenvalue weighted by atomic mass is 10.1. The summed E-state index contributed by atoms with van der Waals surface area (Å²) in [6.45, 7) is 5.83. The quantitative estimate of drug-likeness (QED) is 0.346. The number of carbonyl (C=O) groups excluding carboxylic acids is 1. The molecule has 130 valence electrons. The van der Waals surface area contributed by atoms with E-state index in [9.17, 15) is 14.7 Å². The number of thioether (sulfide) groups is 2. The number of carbonyl (C=O) groups is 2. The Morgan fingerprint density at radius 2 is 2.04 bits per heavy atom. The van der Waals surface area contributed by atoms with Crippen LogP contribution in [0.1, 0.15) is 26.7 Å². The molecule has 0 aliphatic carbocycles. The summed E-state index contributed by atoms with van der Waals surface area (Å²) in [6, 6.07) is 0. The Hall–Kier alpha value is -0.700. The van der Waals surface area contributed by atoms with Crippen LogP contribution in [0.4, 0.5) is 0 Å². The zero-order valence-corrected chi connectivity index (χ0v) is 15.6. The highest BCUT2D eigenvalue weighted by molar-refractivity contribution is 8.26. The molecule has 0 aromatic carbocycles. The molecule has 0 aromatic heterocycles. The first-order valence-corrected chi connectivity index (χ1v) is 9.48. The topological polar surface area (TPSA) is 70.1 Å². The molecule has 0 radical (unpaired) electrons. The van der Waals surface area contributed by atoms with Crippen LogP contribution >= 0.6 is 23.5 Å². The van der Waals surface area contributed by atoms with E-state index in [1.165, 1.54) is 23.5 Å². The minimum absolute atomic E-state index is 0.130. The van der Waals surface area contributed by atoms with Gasteiger partial charge in [-0.2, -0.15) is 0 Å². The number of likely N-dealkylation sites (N-methyl/N-ethyl adjacent to an activating group) is 2. The second kappa shape index (κ2) is 7.46. The predicted molar refractivity (Wildman–Crippen MR) is 93.2 cm³/mol. The maximum Gasteiger partial charge on any atom is 0.347 e. The fourth-order valence-corrected chi connectivity index (χ4v) is 6.91. The molecule has 6 nitrogen and oxygen atoms in total. The molecule has 0 spiro atoms. The van der Waals surface area contributed by atoms with Gasteiger partial charge in [-0.05, 0) is 27.4 Å². The van der Waals surface area contributed by atoms with Crippen molar-refractivity contribution in [2.75, 3.05) is 33.8 Å². The molecule has 2 aliphatic rings. The third kappa shape index (κ3) is 3.40. The number of carboxylic acids is 1. The summed E-state index contributed by atoms with van der Waals surface area (Å²) in [5, 5.41) is 9.63. The van der Waals surface area contributed by atoms with E-state index in [0.717, 1.165) is 25.9 Å². The Morgan fingerprint density at radius 3 is 2.61 bits per heavy atom. The summed E-state index contributed by atoms with van der Waals surface area (Å²) in [5.41, 5.74) is -0.228. The van der Waals surface area contributed by atoms with Crippen LogP contribution in [0.15, 0.2) is 9.81 Å². The molecular weight excluding hydrogens is 336 g/mol. The Labute approximate surface area is 145 Å². The third-order valence-corrected chi connectivity index (χ3v) is 7.78. The average molecular weight is 361 g/mol. The van der Waals surface area contributed by atoms with E-state index in [0.29, 0.717) is 4.24 Å². The SMILES string of the molecule is CCCC12SC(=C(C(=O)O)C(=O)OCC)SC1N(C)CCN2C. The first-order valence-electron chi connectivity index (χ1n) is 7.79. The molecule has 1 N–H and O–H groups in total. The van der Waals surface area contributed by atoms with E-state index in [1.54, 1.807) is 6.92 Å². The number of hydrogen-bond donors (Lipinski definition) is 1. The van der Waals surface area contributed by atoms with Crippen molar-refractivity contribution in [3.8, 4) is 0 Å². The van der Waals surface area contributed by atoms with Gasteiger partial charge >= 0.3 is 11.9 Å². The lowest BCUT2D eigenvalue weighted by Crippen LogP contribution is -2.61. The molecule has 2 heterocycles. The van der Waals surface area contributed by atoms with Crippen molar-refractivity contribution >= 4 is 35.5 Å². The minimum Gasteiger partial charge on any atom is -0.477 e. The van der Waals surface area contributed by atoms with Crippen molar-refractivity contribution < 1.29 is 19.4 Å². The van der Waals surface area contributed by atoms with Crippen LogP contribution in [0, 0.1) is 0 Å². The van der Waals surface area contributed by atoms with Crippen LogP contribution in [0.3, 0.4) is 0 Å². The highest BCUT2D eigenvalue weighted by Crippen LogP contribution is 2.60. The summed E-state index contributed by atoms with van der Waals surface area (Å²) >= 11 is 3.00. The molecule has 23 heavy (non-hydrogen) atoms. The van der Waals surface area contributed by atoms with E-state index in [-0.39, 0.29) is 22.4 Å². The molecule has 0 saturated carbocycles. The Kier molecular flexibility index (Phi) is 6.05. The molecule has 0 bridgehead atoms. The zero-order chi connectivity index (χ0) is 17.2. The van der Waals surface area contributed by atoms with Crippen molar-refractivity contribution in [2.24, 2.45) is 0 Å². The van der Waals surface area contributed by atoms with Crippen LogP contribution < -0.4 is 0 Å². The molecule has 0 amide bonds. The number of ether oxygens (including phenoxy) is 1. The van der Waals surface area contributed by atoms with Crippen LogP contribution in [0.5, 0.6) is 0 Å². The summed E-state index contributed by atoms with van der Waals surface area (Å²) in [6.07, 6.45) is 1.94. The first kappa shape index (κ1) is 18.6. The molecule has 2 fully saturated rings. The average Bonchev–Trinajstić information content (AvgIpc) is 2.85. The number of fused-ring (bicyclic) bond motifs is 1. The molecule has 2 atom stereocenters. The third-order valence-electron chi connectivity index (χ3n) is 4.21. The van der Waals surface area contributed by atoms with Crippen LogP contribution in [-0.4, -0.2) is 70.9 Å². The Bertz CT molecular complexity index is 526. The van der Waals surface area contributed by atoms with Gasteiger partial charge in [-0.1, -0.05) is 36.9 Å². The predicted octanol–water partition coefficient (Wildman–Crippen LogP) is 2.03. The van der Waals surface area contributed by atoms with E-state index < -0.39 is 11.9 Å². The number of carboxylic acid groups (broad SMARTS) is 1. The monoisotopic (exact) mass is 360 g/mol. The lowest BCUT2D eigenvalue weighted by molar-refractivity contribution is -0.143. The van der Waals surface area contributed by atoms with Crippen molar-refractivity contribution in [2.45, 2.75) is 36.9 Å². The number of esters is 1. The van der Waals surface area contributed by atoms with Gasteiger partial charge in [-0.15, -0.1) is 0 Å². The van der Waals surface area contributed by atoms with Gasteiger partial charge < -0.3 is 9.84 Å². The zero-order valence-electron chi connectivity index (χ0n) is 14.0. The maximum absolute atomic E-state index is 12.1. The van der Waals surface area contributed by atoms with Gasteiger partial charge in [0.15, 0.2) is 5.57 Å². The van der Waals surface area contributed by atoms with Crippen molar-refractivity contribution in [1.82, 2.24) is 9.80 Å². The summed E-state index contributed by atoms with van der Waals surface area (Å²) < 4.78 is 5.51. The number of piperazine rings is 1.